The molecule has 1 aromatic heterocycles. The molecule has 0 unspecified atom stereocenters. The van der Waals surface area contributed by atoms with Crippen LogP contribution in [0.1, 0.15) is 44.1 Å². The molecule has 2 aromatic carbocycles. The number of amides is 3. The first-order chi connectivity index (χ1) is 15.8. The number of halogens is 2. The molecule has 6 nitrogen and oxygen atoms in total. The second-order valence-electron chi connectivity index (χ2n) is 8.59. The third-order valence-electron chi connectivity index (χ3n) is 6.60. The number of aromatic nitrogens is 1. The molecule has 172 valence electrons. The molecule has 8 heteroatoms. The van der Waals surface area contributed by atoms with Crippen LogP contribution in [-0.2, 0) is 4.79 Å². The van der Waals surface area contributed by atoms with Gasteiger partial charge in [0.1, 0.15) is 11.6 Å². The van der Waals surface area contributed by atoms with E-state index in [1.807, 2.05) is 13.0 Å². The summed E-state index contributed by atoms with van der Waals surface area (Å²) in [7, 11) is 0. The fraction of sp³-hybridized carbons (Fsp3) is 0.320. The van der Waals surface area contributed by atoms with Crippen molar-refractivity contribution in [2.75, 3.05) is 5.01 Å². The summed E-state index contributed by atoms with van der Waals surface area (Å²) in [6.45, 7) is 1.83. The molecule has 0 bridgehead atoms. The van der Waals surface area contributed by atoms with Crippen molar-refractivity contribution in [3.8, 4) is 0 Å². The summed E-state index contributed by atoms with van der Waals surface area (Å²) < 4.78 is 27.0. The summed E-state index contributed by atoms with van der Waals surface area (Å²) in [4.78, 5) is 29.1. The number of hydrogen-bond donors (Lipinski definition) is 2. The van der Waals surface area contributed by atoms with Crippen molar-refractivity contribution in [3.05, 3.63) is 71.9 Å². The number of anilines is 1. The van der Waals surface area contributed by atoms with Gasteiger partial charge in [0, 0.05) is 17.5 Å². The van der Waals surface area contributed by atoms with E-state index in [0.29, 0.717) is 0 Å². The van der Waals surface area contributed by atoms with Gasteiger partial charge in [-0.05, 0) is 91.6 Å². The summed E-state index contributed by atoms with van der Waals surface area (Å²) >= 11 is 0. The van der Waals surface area contributed by atoms with E-state index in [0.717, 1.165) is 47.2 Å². The Morgan fingerprint density at radius 1 is 1.03 bits per heavy atom. The van der Waals surface area contributed by atoms with Crippen molar-refractivity contribution < 1.29 is 18.4 Å². The van der Waals surface area contributed by atoms with Gasteiger partial charge in [0.15, 0.2) is 0 Å². The zero-order chi connectivity index (χ0) is 23.5. The highest BCUT2D eigenvalue weighted by atomic mass is 19.1. The van der Waals surface area contributed by atoms with Crippen molar-refractivity contribution in [2.24, 2.45) is 17.6 Å². The molecule has 1 aliphatic rings. The third-order valence-corrected chi connectivity index (χ3v) is 6.60. The van der Waals surface area contributed by atoms with E-state index >= 15 is 0 Å². The molecule has 1 atom stereocenters. The van der Waals surface area contributed by atoms with Gasteiger partial charge in [-0.25, -0.2) is 18.6 Å². The molecule has 0 radical (unpaired) electrons. The minimum absolute atomic E-state index is 0.133. The minimum atomic E-state index is -0.859. The number of pyridine rings is 1. The van der Waals surface area contributed by atoms with Crippen molar-refractivity contribution in [2.45, 2.75) is 38.5 Å². The van der Waals surface area contributed by atoms with Crippen LogP contribution in [0.25, 0.3) is 10.9 Å². The van der Waals surface area contributed by atoms with Gasteiger partial charge in [0.05, 0.1) is 11.2 Å². The molecule has 1 heterocycles. The molecule has 3 amide bonds. The van der Waals surface area contributed by atoms with E-state index in [1.54, 1.807) is 12.3 Å². The molecule has 0 aliphatic heterocycles. The molecular formula is C25H26F2N4O2. The minimum Gasteiger partial charge on any atom is -0.350 e. The maximum Gasteiger partial charge on any atom is 0.338 e. The van der Waals surface area contributed by atoms with Crippen molar-refractivity contribution in [1.29, 1.82) is 0 Å². The molecule has 33 heavy (non-hydrogen) atoms. The third kappa shape index (κ3) is 4.94. The van der Waals surface area contributed by atoms with Crippen molar-refractivity contribution >= 4 is 28.5 Å². The van der Waals surface area contributed by atoms with Gasteiger partial charge in [-0.15, -0.1) is 0 Å². The standard InChI is InChI=1S/C25H26F2N4O2/c1-15(24(32)30-31(25(28)33)20-9-6-18(26)7-10-20)16-2-4-17(5-3-16)21-12-13-29-23-11-8-19(27)14-22(21)23/h6-17H,2-5H2,1H3,(H2,28,33)(H,30,32)/t15-,16?,17?/m1/s1. The number of rotatable bonds is 4. The lowest BCUT2D eigenvalue weighted by atomic mass is 9.73. The number of benzene rings is 2. The largest absolute Gasteiger partial charge is 0.350 e. The molecular weight excluding hydrogens is 426 g/mol. The zero-order valence-electron chi connectivity index (χ0n) is 18.3. The van der Waals surface area contributed by atoms with Crippen LogP contribution in [-0.4, -0.2) is 16.9 Å². The van der Waals surface area contributed by atoms with Crippen LogP contribution < -0.4 is 16.2 Å². The summed E-state index contributed by atoms with van der Waals surface area (Å²) in [6, 6.07) is 10.9. The number of carbonyl (C=O) groups excluding carboxylic acids is 2. The van der Waals surface area contributed by atoms with E-state index in [4.69, 9.17) is 5.73 Å². The highest BCUT2D eigenvalue weighted by molar-refractivity contribution is 5.94. The maximum atomic E-state index is 13.8. The average molecular weight is 453 g/mol. The Bertz CT molecular complexity index is 1160. The lowest BCUT2D eigenvalue weighted by Crippen LogP contribution is -2.51. The first-order valence-corrected chi connectivity index (χ1v) is 11.0. The molecule has 4 rings (SSSR count). The predicted octanol–water partition coefficient (Wildman–Crippen LogP) is 5.04. The van der Waals surface area contributed by atoms with Crippen molar-refractivity contribution in [3.63, 3.8) is 0 Å². The van der Waals surface area contributed by atoms with Gasteiger partial charge in [-0.3, -0.25) is 15.2 Å². The smallest absolute Gasteiger partial charge is 0.338 e. The Kier molecular flexibility index (Phi) is 6.53. The highest BCUT2D eigenvalue weighted by Crippen LogP contribution is 2.40. The van der Waals surface area contributed by atoms with Crippen molar-refractivity contribution in [1.82, 2.24) is 10.4 Å². The van der Waals surface area contributed by atoms with E-state index in [1.165, 1.54) is 36.4 Å². The van der Waals surface area contributed by atoms with Gasteiger partial charge in [-0.1, -0.05) is 6.92 Å². The van der Waals surface area contributed by atoms with Crippen LogP contribution in [0.4, 0.5) is 19.3 Å². The first kappa shape index (κ1) is 22.6. The lowest BCUT2D eigenvalue weighted by molar-refractivity contribution is -0.126. The number of urea groups is 1. The van der Waals surface area contributed by atoms with E-state index in [2.05, 4.69) is 10.4 Å². The molecule has 1 fully saturated rings. The number of fused-ring (bicyclic) bond motifs is 1. The van der Waals surface area contributed by atoms with Gasteiger partial charge < -0.3 is 5.73 Å². The molecule has 0 spiro atoms. The first-order valence-electron chi connectivity index (χ1n) is 11.0. The topological polar surface area (TPSA) is 88.3 Å². The maximum absolute atomic E-state index is 13.8. The lowest BCUT2D eigenvalue weighted by Gasteiger charge is -2.33. The summed E-state index contributed by atoms with van der Waals surface area (Å²) in [6.07, 6.45) is 5.15. The molecule has 1 saturated carbocycles. The fourth-order valence-corrected chi connectivity index (χ4v) is 4.69. The zero-order valence-corrected chi connectivity index (χ0v) is 18.3. The van der Waals surface area contributed by atoms with Crippen LogP contribution in [0.2, 0.25) is 0 Å². The Hall–Kier alpha value is -3.55. The van der Waals surface area contributed by atoms with Crippen LogP contribution in [0.5, 0.6) is 0 Å². The normalized spacial score (nSPS) is 19.1. The number of nitrogens with two attached hydrogens (primary N) is 1. The molecule has 1 aliphatic carbocycles. The number of hydrazine groups is 1. The summed E-state index contributed by atoms with van der Waals surface area (Å²) in [5.74, 6) is -1.00. The number of carbonyl (C=O) groups is 2. The van der Waals surface area contributed by atoms with Crippen LogP contribution in [0.15, 0.2) is 54.7 Å². The fourth-order valence-electron chi connectivity index (χ4n) is 4.69. The Labute approximate surface area is 190 Å². The van der Waals surface area contributed by atoms with E-state index < -0.39 is 11.8 Å². The number of nitrogens with zero attached hydrogens (tertiary/aromatic N) is 2. The monoisotopic (exact) mass is 452 g/mol. The molecule has 3 aromatic rings. The second kappa shape index (κ2) is 9.52. The Morgan fingerprint density at radius 2 is 1.70 bits per heavy atom. The van der Waals surface area contributed by atoms with Gasteiger partial charge in [-0.2, -0.15) is 0 Å². The second-order valence-corrected chi connectivity index (χ2v) is 8.59. The van der Waals surface area contributed by atoms with E-state index in [-0.39, 0.29) is 35.2 Å². The quantitative estimate of drug-likeness (QED) is 0.544. The van der Waals surface area contributed by atoms with Gasteiger partial charge in [0.25, 0.3) is 0 Å². The SMILES string of the molecule is C[C@@H](C(=O)NN(C(N)=O)c1ccc(F)cc1)C1CCC(c2ccnc3ccc(F)cc23)CC1. The summed E-state index contributed by atoms with van der Waals surface area (Å²) in [5.41, 5.74) is 10.1. The van der Waals surface area contributed by atoms with Crippen LogP contribution in [0, 0.1) is 23.5 Å². The van der Waals surface area contributed by atoms with E-state index in [9.17, 15) is 18.4 Å². The van der Waals surface area contributed by atoms with Crippen LogP contribution >= 0.6 is 0 Å². The number of hydrogen-bond acceptors (Lipinski definition) is 3. The molecule has 3 N–H and O–H groups in total. The predicted molar refractivity (Wildman–Crippen MR) is 122 cm³/mol. The number of nitrogens with one attached hydrogen (secondary N) is 1. The van der Waals surface area contributed by atoms with Gasteiger partial charge in [0.2, 0.25) is 5.91 Å². The Balaban J connectivity index is 1.41. The summed E-state index contributed by atoms with van der Waals surface area (Å²) in [5, 5.41) is 1.77. The highest BCUT2D eigenvalue weighted by Gasteiger charge is 2.31. The number of primary amides is 1. The molecule has 0 saturated heterocycles. The van der Waals surface area contributed by atoms with Gasteiger partial charge >= 0.3 is 6.03 Å². The average Bonchev–Trinajstić information content (AvgIpc) is 2.82. The Morgan fingerprint density at radius 3 is 2.36 bits per heavy atom. The van der Waals surface area contributed by atoms with Crippen LogP contribution in [0.3, 0.4) is 0 Å².